The summed E-state index contributed by atoms with van der Waals surface area (Å²) in [5.74, 6) is 0.476. The zero-order valence-electron chi connectivity index (χ0n) is 16.3. The molecule has 0 aliphatic heterocycles. The number of carbonyl (C=O) groups is 1. The van der Waals surface area contributed by atoms with E-state index >= 15 is 0 Å². The molecule has 2 N–H and O–H groups in total. The van der Waals surface area contributed by atoms with Crippen LogP contribution in [-0.2, 0) is 6.61 Å². The fourth-order valence-electron chi connectivity index (χ4n) is 2.69. The Kier molecular flexibility index (Phi) is 7.45. The molecule has 30 heavy (non-hydrogen) atoms. The average Bonchev–Trinajstić information content (AvgIpc) is 2.74. The van der Waals surface area contributed by atoms with Crippen LogP contribution >= 0.6 is 15.9 Å². The van der Waals surface area contributed by atoms with Gasteiger partial charge in [-0.05, 0) is 60.5 Å². The molecule has 0 spiro atoms. The highest BCUT2D eigenvalue weighted by atomic mass is 79.9. The van der Waals surface area contributed by atoms with Gasteiger partial charge in [-0.25, -0.2) is 5.43 Å². The molecule has 154 valence electrons. The summed E-state index contributed by atoms with van der Waals surface area (Å²) in [4.78, 5) is 12.5. The van der Waals surface area contributed by atoms with E-state index in [1.54, 1.807) is 36.4 Å². The fraction of sp³-hybridized carbons (Fsp3) is 0.130. The first-order chi connectivity index (χ1) is 14.6. The molecule has 0 aliphatic carbocycles. The smallest absolute Gasteiger partial charge is 0.275 e. The molecule has 0 saturated heterocycles. The summed E-state index contributed by atoms with van der Waals surface area (Å²) in [6, 6.07) is 19.6. The number of phenols is 1. The lowest BCUT2D eigenvalue weighted by Crippen LogP contribution is -2.18. The Hall–Kier alpha value is -3.32. The Morgan fingerprint density at radius 2 is 1.90 bits per heavy atom. The maximum atomic E-state index is 12.5. The second-order valence-corrected chi connectivity index (χ2v) is 7.19. The predicted molar refractivity (Wildman–Crippen MR) is 119 cm³/mol. The van der Waals surface area contributed by atoms with Crippen molar-refractivity contribution in [2.24, 2.45) is 5.10 Å². The number of aromatic hydroxyl groups is 1. The second-order valence-electron chi connectivity index (χ2n) is 6.27. The van der Waals surface area contributed by atoms with Crippen molar-refractivity contribution in [3.8, 4) is 17.2 Å². The van der Waals surface area contributed by atoms with Crippen LogP contribution in [0.25, 0.3) is 0 Å². The van der Waals surface area contributed by atoms with Gasteiger partial charge in [0.1, 0.15) is 12.4 Å². The number of nitrogens with zero attached hydrogens (tertiary/aromatic N) is 1. The number of hydrogen-bond donors (Lipinski definition) is 2. The van der Waals surface area contributed by atoms with Gasteiger partial charge >= 0.3 is 0 Å². The minimum atomic E-state index is -0.397. The molecule has 0 saturated carbocycles. The first kappa shape index (κ1) is 21.4. The van der Waals surface area contributed by atoms with Gasteiger partial charge in [0.15, 0.2) is 11.5 Å². The Balaban J connectivity index is 1.64. The highest BCUT2D eigenvalue weighted by molar-refractivity contribution is 9.10. The summed E-state index contributed by atoms with van der Waals surface area (Å²) in [5, 5.41) is 13.9. The minimum Gasteiger partial charge on any atom is -0.504 e. The third-order valence-corrected chi connectivity index (χ3v) is 4.57. The van der Waals surface area contributed by atoms with Crippen LogP contribution in [-0.4, -0.2) is 23.8 Å². The number of benzene rings is 3. The zero-order chi connectivity index (χ0) is 21.3. The molecule has 3 rings (SSSR count). The number of amides is 1. The van der Waals surface area contributed by atoms with Gasteiger partial charge in [-0.3, -0.25) is 4.79 Å². The van der Waals surface area contributed by atoms with Crippen LogP contribution in [0.3, 0.4) is 0 Å². The number of ether oxygens (including phenoxy) is 2. The van der Waals surface area contributed by atoms with Crippen LogP contribution in [0.2, 0.25) is 0 Å². The molecular weight excluding hydrogens is 448 g/mol. The van der Waals surface area contributed by atoms with Gasteiger partial charge in [0, 0.05) is 4.47 Å². The van der Waals surface area contributed by atoms with Crippen molar-refractivity contribution in [2.45, 2.75) is 13.5 Å². The highest BCUT2D eigenvalue weighted by Gasteiger charge is 2.11. The normalized spacial score (nSPS) is 10.7. The summed E-state index contributed by atoms with van der Waals surface area (Å²) in [7, 11) is 0. The second kappa shape index (κ2) is 10.5. The summed E-state index contributed by atoms with van der Waals surface area (Å²) in [5.41, 5.74) is 4.46. The van der Waals surface area contributed by atoms with Crippen LogP contribution in [0.1, 0.15) is 28.4 Å². The molecule has 6 nitrogen and oxygen atoms in total. The lowest BCUT2D eigenvalue weighted by molar-refractivity contribution is 0.0950. The SMILES string of the molecule is CCOc1ccc(C=NNC(=O)c2ccccc2OCc2cccc(Br)c2)cc1O. The number of carbonyl (C=O) groups excluding carboxylic acids is 1. The van der Waals surface area contributed by atoms with E-state index in [1.807, 2.05) is 31.2 Å². The van der Waals surface area contributed by atoms with E-state index in [0.717, 1.165) is 10.0 Å². The molecule has 3 aromatic rings. The van der Waals surface area contributed by atoms with Crippen molar-refractivity contribution in [2.75, 3.05) is 6.61 Å². The van der Waals surface area contributed by atoms with Crippen LogP contribution in [0.15, 0.2) is 76.3 Å². The fourth-order valence-corrected chi connectivity index (χ4v) is 3.13. The minimum absolute atomic E-state index is 0.0124. The zero-order valence-corrected chi connectivity index (χ0v) is 17.9. The lowest BCUT2D eigenvalue weighted by atomic mass is 10.2. The Bertz CT molecular complexity index is 1050. The van der Waals surface area contributed by atoms with Crippen molar-refractivity contribution < 1.29 is 19.4 Å². The molecule has 0 atom stereocenters. The number of rotatable bonds is 8. The third kappa shape index (κ3) is 5.84. The maximum Gasteiger partial charge on any atom is 0.275 e. The quantitative estimate of drug-likeness (QED) is 0.364. The molecule has 0 radical (unpaired) electrons. The van der Waals surface area contributed by atoms with Gasteiger partial charge in [0.25, 0.3) is 5.91 Å². The van der Waals surface area contributed by atoms with Gasteiger partial charge in [-0.2, -0.15) is 5.10 Å². The van der Waals surface area contributed by atoms with Crippen molar-refractivity contribution in [1.82, 2.24) is 5.43 Å². The van der Waals surface area contributed by atoms with Crippen molar-refractivity contribution in [3.05, 3.63) is 87.9 Å². The van der Waals surface area contributed by atoms with Crippen LogP contribution < -0.4 is 14.9 Å². The maximum absolute atomic E-state index is 12.5. The van der Waals surface area contributed by atoms with E-state index in [1.165, 1.54) is 12.3 Å². The summed E-state index contributed by atoms with van der Waals surface area (Å²) in [6.07, 6.45) is 1.44. The summed E-state index contributed by atoms with van der Waals surface area (Å²) in [6.45, 7) is 2.63. The van der Waals surface area contributed by atoms with E-state index in [9.17, 15) is 9.90 Å². The molecule has 0 aromatic heterocycles. The average molecular weight is 469 g/mol. The number of phenolic OH excluding ortho intramolecular Hbond substituents is 1. The molecule has 0 heterocycles. The summed E-state index contributed by atoms with van der Waals surface area (Å²) >= 11 is 3.43. The van der Waals surface area contributed by atoms with Crippen LogP contribution in [0.4, 0.5) is 0 Å². The van der Waals surface area contributed by atoms with Gasteiger partial charge in [-0.1, -0.05) is 40.2 Å². The van der Waals surface area contributed by atoms with E-state index in [-0.39, 0.29) is 5.75 Å². The molecular formula is C23H21BrN2O4. The molecule has 7 heteroatoms. The highest BCUT2D eigenvalue weighted by Crippen LogP contribution is 2.26. The largest absolute Gasteiger partial charge is 0.504 e. The van der Waals surface area contributed by atoms with E-state index in [4.69, 9.17) is 9.47 Å². The molecule has 3 aromatic carbocycles. The predicted octanol–water partition coefficient (Wildman–Crippen LogP) is 4.90. The Morgan fingerprint density at radius 1 is 1.07 bits per heavy atom. The first-order valence-corrected chi connectivity index (χ1v) is 10.1. The van der Waals surface area contributed by atoms with E-state index in [2.05, 4.69) is 26.5 Å². The number of para-hydroxylation sites is 1. The van der Waals surface area contributed by atoms with Gasteiger partial charge in [0.2, 0.25) is 0 Å². The topological polar surface area (TPSA) is 80.2 Å². The molecule has 0 fully saturated rings. The first-order valence-electron chi connectivity index (χ1n) is 9.32. The number of halogens is 1. The molecule has 0 unspecified atom stereocenters. The van der Waals surface area contributed by atoms with Crippen LogP contribution in [0.5, 0.6) is 17.2 Å². The van der Waals surface area contributed by atoms with Crippen molar-refractivity contribution >= 4 is 28.1 Å². The van der Waals surface area contributed by atoms with E-state index < -0.39 is 5.91 Å². The third-order valence-electron chi connectivity index (χ3n) is 4.08. The number of hydrazone groups is 1. The lowest BCUT2D eigenvalue weighted by Gasteiger charge is -2.10. The molecule has 0 bridgehead atoms. The number of nitrogens with one attached hydrogen (secondary N) is 1. The standard InChI is InChI=1S/C23H21BrN2O4/c1-2-29-22-11-10-16(13-20(22)27)14-25-26-23(28)19-8-3-4-9-21(19)30-15-17-6-5-7-18(24)12-17/h3-14,27H,2,15H2,1H3,(H,26,28). The Labute approximate surface area is 183 Å². The van der Waals surface area contributed by atoms with Crippen molar-refractivity contribution in [3.63, 3.8) is 0 Å². The summed E-state index contributed by atoms with van der Waals surface area (Å²) < 4.78 is 12.1. The van der Waals surface area contributed by atoms with Gasteiger partial charge in [0.05, 0.1) is 18.4 Å². The molecule has 1 amide bonds. The van der Waals surface area contributed by atoms with Gasteiger partial charge < -0.3 is 14.6 Å². The van der Waals surface area contributed by atoms with Crippen molar-refractivity contribution in [1.29, 1.82) is 0 Å². The Morgan fingerprint density at radius 3 is 2.67 bits per heavy atom. The monoisotopic (exact) mass is 468 g/mol. The number of hydrogen-bond acceptors (Lipinski definition) is 5. The molecule has 0 aliphatic rings. The van der Waals surface area contributed by atoms with Gasteiger partial charge in [-0.15, -0.1) is 0 Å². The van der Waals surface area contributed by atoms with E-state index in [0.29, 0.717) is 35.8 Å². The van der Waals surface area contributed by atoms with Crippen LogP contribution in [0, 0.1) is 0 Å².